The molecule has 1 amide bonds. The molecule has 0 saturated carbocycles. The van der Waals surface area contributed by atoms with E-state index in [2.05, 4.69) is 13.2 Å². The van der Waals surface area contributed by atoms with Crippen LogP contribution >= 0.6 is 0 Å². The number of nitrogens with two attached hydrogens (primary N) is 2. The summed E-state index contributed by atoms with van der Waals surface area (Å²) in [5, 5.41) is 0. The topological polar surface area (TPSA) is 69.1 Å². The van der Waals surface area contributed by atoms with E-state index >= 15 is 0 Å². The van der Waals surface area contributed by atoms with E-state index in [-0.39, 0.29) is 0 Å². The molecule has 3 heteroatoms. The summed E-state index contributed by atoms with van der Waals surface area (Å²) in [7, 11) is 0. The Morgan fingerprint density at radius 1 is 1.36 bits per heavy atom. The number of carbonyl (C=O) groups excluding carboxylic acids is 1. The van der Waals surface area contributed by atoms with Crippen LogP contribution in [-0.2, 0) is 4.79 Å². The quantitative estimate of drug-likeness (QED) is 0.560. The molecule has 11 heavy (non-hydrogen) atoms. The highest BCUT2D eigenvalue weighted by Gasteiger charge is 2.28. The minimum Gasteiger partial charge on any atom is -0.368 e. The van der Waals surface area contributed by atoms with Crippen LogP contribution in [-0.4, -0.2) is 11.4 Å². The Morgan fingerprint density at radius 2 is 1.73 bits per heavy atom. The zero-order valence-corrected chi connectivity index (χ0v) is 6.55. The van der Waals surface area contributed by atoms with Gasteiger partial charge < -0.3 is 11.5 Å². The van der Waals surface area contributed by atoms with Crippen LogP contribution < -0.4 is 11.5 Å². The number of carbonyl (C=O) groups is 1. The van der Waals surface area contributed by atoms with Crippen LogP contribution in [0.25, 0.3) is 0 Å². The van der Waals surface area contributed by atoms with E-state index in [4.69, 9.17) is 11.5 Å². The summed E-state index contributed by atoms with van der Waals surface area (Å²) in [5.41, 5.74) is 9.73. The fourth-order valence-corrected chi connectivity index (χ4v) is 0.800. The Bertz CT molecular complexity index is 165. The van der Waals surface area contributed by atoms with Crippen LogP contribution in [0, 0.1) is 0 Å². The van der Waals surface area contributed by atoms with Crippen molar-refractivity contribution in [2.75, 3.05) is 0 Å². The third-order valence-electron chi connectivity index (χ3n) is 1.51. The molecule has 0 fully saturated rings. The van der Waals surface area contributed by atoms with E-state index in [0.29, 0.717) is 12.8 Å². The lowest BCUT2D eigenvalue weighted by atomic mass is 9.92. The average Bonchev–Trinajstić information content (AvgIpc) is 1.88. The molecular weight excluding hydrogens is 140 g/mol. The smallest absolute Gasteiger partial charge is 0.238 e. The van der Waals surface area contributed by atoms with E-state index in [9.17, 15) is 4.79 Å². The highest BCUT2D eigenvalue weighted by molar-refractivity contribution is 5.84. The van der Waals surface area contributed by atoms with Gasteiger partial charge in [-0.3, -0.25) is 4.79 Å². The minimum atomic E-state index is -0.997. The number of amides is 1. The van der Waals surface area contributed by atoms with Gasteiger partial charge in [-0.05, 0) is 12.8 Å². The Morgan fingerprint density at radius 3 is 1.91 bits per heavy atom. The van der Waals surface area contributed by atoms with Crippen LogP contribution in [0.3, 0.4) is 0 Å². The molecule has 0 aromatic heterocycles. The largest absolute Gasteiger partial charge is 0.368 e. The molecule has 62 valence electrons. The van der Waals surface area contributed by atoms with Gasteiger partial charge in [-0.15, -0.1) is 13.2 Å². The monoisotopic (exact) mass is 154 g/mol. The fourth-order valence-electron chi connectivity index (χ4n) is 0.800. The minimum absolute atomic E-state index is 0.383. The number of hydrogen-bond donors (Lipinski definition) is 2. The van der Waals surface area contributed by atoms with Crippen LogP contribution in [0.2, 0.25) is 0 Å². The van der Waals surface area contributed by atoms with Crippen molar-refractivity contribution >= 4 is 5.91 Å². The van der Waals surface area contributed by atoms with Gasteiger partial charge in [0.1, 0.15) is 5.54 Å². The van der Waals surface area contributed by atoms with Crippen molar-refractivity contribution in [1.29, 1.82) is 0 Å². The van der Waals surface area contributed by atoms with E-state index in [0.717, 1.165) is 0 Å². The molecule has 3 nitrogen and oxygen atoms in total. The molecule has 0 spiro atoms. The summed E-state index contributed by atoms with van der Waals surface area (Å²) in [5.74, 6) is -0.516. The first-order valence-corrected chi connectivity index (χ1v) is 3.37. The predicted octanol–water partition coefficient (Wildman–Crippen LogP) is 0.321. The van der Waals surface area contributed by atoms with Gasteiger partial charge in [0.2, 0.25) is 5.91 Å². The van der Waals surface area contributed by atoms with Crippen molar-refractivity contribution in [3.05, 3.63) is 25.3 Å². The van der Waals surface area contributed by atoms with Gasteiger partial charge in [0.25, 0.3) is 0 Å². The van der Waals surface area contributed by atoms with Crippen molar-refractivity contribution in [1.82, 2.24) is 0 Å². The van der Waals surface area contributed by atoms with Crippen molar-refractivity contribution in [2.45, 2.75) is 18.4 Å². The van der Waals surface area contributed by atoms with Gasteiger partial charge in [-0.25, -0.2) is 0 Å². The maximum Gasteiger partial charge on any atom is 0.238 e. The number of primary amides is 1. The molecule has 0 unspecified atom stereocenters. The molecule has 0 heterocycles. The highest BCUT2D eigenvalue weighted by atomic mass is 16.1. The summed E-state index contributed by atoms with van der Waals surface area (Å²) < 4.78 is 0. The second-order valence-electron chi connectivity index (χ2n) is 2.51. The standard InChI is InChI=1S/C8H14N2O/c1-3-5-8(10,6-4-2)7(9)11/h3-4H,1-2,5-6,10H2,(H2,9,11). The molecule has 0 aromatic carbocycles. The van der Waals surface area contributed by atoms with E-state index in [1.165, 1.54) is 0 Å². The van der Waals surface area contributed by atoms with Gasteiger partial charge in [-0.2, -0.15) is 0 Å². The predicted molar refractivity (Wildman–Crippen MR) is 45.7 cm³/mol. The van der Waals surface area contributed by atoms with Crippen LogP contribution in [0.1, 0.15) is 12.8 Å². The summed E-state index contributed by atoms with van der Waals surface area (Å²) in [4.78, 5) is 10.8. The number of hydrogen-bond acceptors (Lipinski definition) is 2. The molecule has 0 aliphatic carbocycles. The molecule has 0 aliphatic rings. The Balaban J connectivity index is 4.35. The second-order valence-corrected chi connectivity index (χ2v) is 2.51. The molecule has 0 bridgehead atoms. The van der Waals surface area contributed by atoms with Crippen LogP contribution in [0.4, 0.5) is 0 Å². The first-order valence-electron chi connectivity index (χ1n) is 3.37. The van der Waals surface area contributed by atoms with Gasteiger partial charge in [0.05, 0.1) is 0 Å². The molecule has 0 aliphatic heterocycles. The normalized spacial score (nSPS) is 10.6. The van der Waals surface area contributed by atoms with Crippen LogP contribution in [0.15, 0.2) is 25.3 Å². The number of rotatable bonds is 5. The van der Waals surface area contributed by atoms with Crippen molar-refractivity contribution in [2.24, 2.45) is 11.5 Å². The third kappa shape index (κ3) is 2.55. The van der Waals surface area contributed by atoms with Gasteiger partial charge >= 0.3 is 0 Å². The SMILES string of the molecule is C=CCC(N)(CC=C)C(N)=O. The maximum absolute atomic E-state index is 10.8. The lowest BCUT2D eigenvalue weighted by Gasteiger charge is -2.22. The molecule has 0 rings (SSSR count). The third-order valence-corrected chi connectivity index (χ3v) is 1.51. The van der Waals surface area contributed by atoms with Gasteiger partial charge in [0, 0.05) is 0 Å². The second kappa shape index (κ2) is 3.93. The van der Waals surface area contributed by atoms with Gasteiger partial charge in [0.15, 0.2) is 0 Å². The Labute approximate surface area is 66.8 Å². The Hall–Kier alpha value is -1.09. The van der Waals surface area contributed by atoms with E-state index in [1.807, 2.05) is 0 Å². The van der Waals surface area contributed by atoms with Crippen molar-refractivity contribution in [3.63, 3.8) is 0 Å². The Kier molecular flexibility index (Phi) is 3.54. The summed E-state index contributed by atoms with van der Waals surface area (Å²) in [6.45, 7) is 6.98. The molecule has 0 radical (unpaired) electrons. The molecule has 4 N–H and O–H groups in total. The summed E-state index contributed by atoms with van der Waals surface area (Å²) in [6, 6.07) is 0. The first kappa shape index (κ1) is 9.91. The van der Waals surface area contributed by atoms with Crippen LogP contribution in [0.5, 0.6) is 0 Å². The summed E-state index contributed by atoms with van der Waals surface area (Å²) in [6.07, 6.45) is 3.92. The van der Waals surface area contributed by atoms with Crippen molar-refractivity contribution in [3.8, 4) is 0 Å². The van der Waals surface area contributed by atoms with E-state index < -0.39 is 11.4 Å². The molecular formula is C8H14N2O. The first-order chi connectivity index (χ1) is 5.06. The average molecular weight is 154 g/mol. The zero-order chi connectivity index (χ0) is 8.91. The molecule has 0 aromatic rings. The highest BCUT2D eigenvalue weighted by Crippen LogP contribution is 2.11. The van der Waals surface area contributed by atoms with Crippen molar-refractivity contribution < 1.29 is 4.79 Å². The molecule has 0 atom stereocenters. The summed E-state index contributed by atoms with van der Waals surface area (Å²) >= 11 is 0. The maximum atomic E-state index is 10.8. The van der Waals surface area contributed by atoms with Gasteiger partial charge in [-0.1, -0.05) is 12.2 Å². The van der Waals surface area contributed by atoms with E-state index in [1.54, 1.807) is 12.2 Å². The molecule has 0 saturated heterocycles. The lowest BCUT2D eigenvalue weighted by Crippen LogP contribution is -2.51. The lowest BCUT2D eigenvalue weighted by molar-refractivity contribution is -0.122. The fraction of sp³-hybridized carbons (Fsp3) is 0.375. The zero-order valence-electron chi connectivity index (χ0n) is 6.55.